The lowest BCUT2D eigenvalue weighted by molar-refractivity contribution is 0.214. The molecule has 1 fully saturated rings. The van der Waals surface area contributed by atoms with Crippen LogP contribution in [0.3, 0.4) is 0 Å². The van der Waals surface area contributed by atoms with Crippen molar-refractivity contribution in [1.82, 2.24) is 15.2 Å². The number of nitrogens with one attached hydrogen (secondary N) is 1. The highest BCUT2D eigenvalue weighted by Gasteiger charge is 2.15. The highest BCUT2D eigenvalue weighted by molar-refractivity contribution is 7.80. The Balaban J connectivity index is 1.85. The quantitative estimate of drug-likeness (QED) is 0.477. The molecule has 1 aromatic rings. The molecule has 1 heterocycles. The number of phenolic OH excluding ortho intramolecular Hbond substituents is 1. The predicted octanol–water partition coefficient (Wildman–Crippen LogP) is 0.848. The van der Waals surface area contributed by atoms with E-state index in [2.05, 4.69) is 27.4 Å². The van der Waals surface area contributed by atoms with Crippen LogP contribution >= 0.6 is 12.2 Å². The molecule has 2 rings (SSSR count). The van der Waals surface area contributed by atoms with Crippen molar-refractivity contribution in [2.75, 3.05) is 33.2 Å². The van der Waals surface area contributed by atoms with E-state index in [1.807, 2.05) is 6.07 Å². The Hall–Kier alpha value is -1.66. The number of para-hydroxylation sites is 1. The second-order valence-electron chi connectivity index (χ2n) is 4.52. The van der Waals surface area contributed by atoms with E-state index in [1.54, 1.807) is 24.4 Å². The van der Waals surface area contributed by atoms with Crippen molar-refractivity contribution in [3.05, 3.63) is 29.8 Å². The second-order valence-corrected chi connectivity index (χ2v) is 4.91. The van der Waals surface area contributed by atoms with Crippen molar-refractivity contribution < 1.29 is 5.11 Å². The van der Waals surface area contributed by atoms with Crippen molar-refractivity contribution in [3.8, 4) is 5.75 Å². The summed E-state index contributed by atoms with van der Waals surface area (Å²) in [5, 5.41) is 14.3. The van der Waals surface area contributed by atoms with Gasteiger partial charge in [-0.2, -0.15) is 5.10 Å². The largest absolute Gasteiger partial charge is 0.507 e. The summed E-state index contributed by atoms with van der Waals surface area (Å²) in [5.41, 5.74) is 3.50. The molecule has 102 valence electrons. The summed E-state index contributed by atoms with van der Waals surface area (Å²) < 4.78 is 0. The van der Waals surface area contributed by atoms with Gasteiger partial charge in [0.25, 0.3) is 0 Å². The first-order chi connectivity index (χ1) is 9.16. The van der Waals surface area contributed by atoms with E-state index >= 15 is 0 Å². The van der Waals surface area contributed by atoms with E-state index in [-0.39, 0.29) is 5.75 Å². The van der Waals surface area contributed by atoms with E-state index in [0.717, 1.165) is 26.2 Å². The molecule has 0 aromatic heterocycles. The van der Waals surface area contributed by atoms with Crippen LogP contribution in [0, 0.1) is 0 Å². The lowest BCUT2D eigenvalue weighted by Crippen LogP contribution is -2.49. The van der Waals surface area contributed by atoms with Crippen LogP contribution in [0.4, 0.5) is 0 Å². The number of nitrogens with zero attached hydrogens (tertiary/aromatic N) is 3. The van der Waals surface area contributed by atoms with Gasteiger partial charge in [0.15, 0.2) is 5.11 Å². The molecule has 0 saturated carbocycles. The zero-order valence-corrected chi connectivity index (χ0v) is 11.7. The molecule has 0 aliphatic carbocycles. The van der Waals surface area contributed by atoms with Crippen molar-refractivity contribution in [1.29, 1.82) is 0 Å². The highest BCUT2D eigenvalue weighted by atomic mass is 32.1. The number of hydrogen-bond acceptors (Lipinski definition) is 4. The van der Waals surface area contributed by atoms with Gasteiger partial charge in [0, 0.05) is 31.7 Å². The Morgan fingerprint density at radius 2 is 2.00 bits per heavy atom. The number of hydrogen-bond donors (Lipinski definition) is 2. The summed E-state index contributed by atoms with van der Waals surface area (Å²) in [6.45, 7) is 3.83. The van der Waals surface area contributed by atoms with Crippen LogP contribution in [0.5, 0.6) is 5.75 Å². The molecular weight excluding hydrogens is 260 g/mol. The number of aromatic hydroxyl groups is 1. The Kier molecular flexibility index (Phi) is 4.70. The van der Waals surface area contributed by atoms with Crippen LogP contribution in [-0.4, -0.2) is 59.5 Å². The van der Waals surface area contributed by atoms with Gasteiger partial charge in [-0.15, -0.1) is 0 Å². The third-order valence-electron chi connectivity index (χ3n) is 3.09. The van der Waals surface area contributed by atoms with Gasteiger partial charge in [-0.05, 0) is 31.4 Å². The molecule has 1 aliphatic heterocycles. The van der Waals surface area contributed by atoms with E-state index in [0.29, 0.717) is 10.7 Å². The molecule has 0 bridgehead atoms. The first-order valence-electron chi connectivity index (χ1n) is 6.21. The number of likely N-dealkylation sites (N-methyl/N-ethyl adjacent to an activating group) is 1. The number of thiocarbonyl (C=S) groups is 1. The normalized spacial score (nSPS) is 16.8. The first-order valence-corrected chi connectivity index (χ1v) is 6.62. The molecule has 1 saturated heterocycles. The van der Waals surface area contributed by atoms with Gasteiger partial charge in [0.05, 0.1) is 6.21 Å². The van der Waals surface area contributed by atoms with Gasteiger partial charge in [-0.3, -0.25) is 5.43 Å². The summed E-state index contributed by atoms with van der Waals surface area (Å²) in [6.07, 6.45) is 1.57. The van der Waals surface area contributed by atoms with Crippen LogP contribution in [0.15, 0.2) is 29.4 Å². The van der Waals surface area contributed by atoms with E-state index < -0.39 is 0 Å². The SMILES string of the molecule is CN1CCN(C(=S)N/N=C/c2ccccc2O)CC1. The Labute approximate surface area is 118 Å². The zero-order chi connectivity index (χ0) is 13.7. The minimum atomic E-state index is 0.207. The van der Waals surface area contributed by atoms with Crippen molar-refractivity contribution in [2.45, 2.75) is 0 Å². The monoisotopic (exact) mass is 278 g/mol. The van der Waals surface area contributed by atoms with Gasteiger partial charge in [-0.25, -0.2) is 0 Å². The van der Waals surface area contributed by atoms with Crippen molar-refractivity contribution in [3.63, 3.8) is 0 Å². The van der Waals surface area contributed by atoms with Crippen molar-refractivity contribution >= 4 is 23.5 Å². The van der Waals surface area contributed by atoms with Crippen LogP contribution in [0.2, 0.25) is 0 Å². The highest BCUT2D eigenvalue weighted by Crippen LogP contribution is 2.12. The van der Waals surface area contributed by atoms with E-state index in [4.69, 9.17) is 12.2 Å². The fraction of sp³-hybridized carbons (Fsp3) is 0.385. The summed E-state index contributed by atoms with van der Waals surface area (Å²) in [6, 6.07) is 7.04. The smallest absolute Gasteiger partial charge is 0.189 e. The molecule has 0 atom stereocenters. The topological polar surface area (TPSA) is 51.1 Å². The molecule has 0 amide bonds. The predicted molar refractivity (Wildman–Crippen MR) is 80.5 cm³/mol. The molecule has 1 aromatic carbocycles. The molecule has 5 nitrogen and oxygen atoms in total. The summed E-state index contributed by atoms with van der Waals surface area (Å²) in [4.78, 5) is 4.36. The molecule has 1 aliphatic rings. The molecule has 6 heteroatoms. The maximum Gasteiger partial charge on any atom is 0.189 e. The van der Waals surface area contributed by atoms with E-state index in [9.17, 15) is 5.11 Å². The molecule has 19 heavy (non-hydrogen) atoms. The van der Waals surface area contributed by atoms with Gasteiger partial charge in [-0.1, -0.05) is 12.1 Å². The fourth-order valence-corrected chi connectivity index (χ4v) is 2.07. The van der Waals surface area contributed by atoms with Gasteiger partial charge < -0.3 is 14.9 Å². The molecule has 2 N–H and O–H groups in total. The zero-order valence-electron chi connectivity index (χ0n) is 10.9. The van der Waals surface area contributed by atoms with Crippen LogP contribution in [0.25, 0.3) is 0 Å². The maximum atomic E-state index is 9.59. The van der Waals surface area contributed by atoms with Gasteiger partial charge >= 0.3 is 0 Å². The van der Waals surface area contributed by atoms with Gasteiger partial charge in [0.1, 0.15) is 5.75 Å². The molecule has 0 unspecified atom stereocenters. The molecule has 0 radical (unpaired) electrons. The standard InChI is InChI=1S/C13H18N4OS/c1-16-6-8-17(9-7-16)13(19)15-14-10-11-4-2-3-5-12(11)18/h2-5,10,18H,6-9H2,1H3,(H,15,19)/b14-10+. The van der Waals surface area contributed by atoms with Crippen LogP contribution < -0.4 is 5.43 Å². The minimum absolute atomic E-state index is 0.207. The third-order valence-corrected chi connectivity index (χ3v) is 3.44. The Bertz CT molecular complexity index is 469. The Morgan fingerprint density at radius 3 is 2.68 bits per heavy atom. The molecular formula is C13H18N4OS. The lowest BCUT2D eigenvalue weighted by Gasteiger charge is -2.33. The lowest BCUT2D eigenvalue weighted by atomic mass is 10.2. The second kappa shape index (κ2) is 6.49. The minimum Gasteiger partial charge on any atom is -0.507 e. The summed E-state index contributed by atoms with van der Waals surface area (Å²) in [5.74, 6) is 0.207. The number of piperazine rings is 1. The average molecular weight is 278 g/mol. The Morgan fingerprint density at radius 1 is 1.32 bits per heavy atom. The van der Waals surface area contributed by atoms with Crippen LogP contribution in [-0.2, 0) is 0 Å². The van der Waals surface area contributed by atoms with Crippen molar-refractivity contribution in [2.24, 2.45) is 5.10 Å². The maximum absolute atomic E-state index is 9.59. The van der Waals surface area contributed by atoms with E-state index in [1.165, 1.54) is 0 Å². The third kappa shape index (κ3) is 3.90. The summed E-state index contributed by atoms with van der Waals surface area (Å²) in [7, 11) is 2.10. The van der Waals surface area contributed by atoms with Crippen LogP contribution in [0.1, 0.15) is 5.56 Å². The first kappa shape index (κ1) is 13.8. The molecule has 0 spiro atoms. The number of phenols is 1. The number of rotatable bonds is 2. The van der Waals surface area contributed by atoms with Gasteiger partial charge in [0.2, 0.25) is 0 Å². The summed E-state index contributed by atoms with van der Waals surface area (Å²) >= 11 is 5.28. The number of benzene rings is 1. The average Bonchev–Trinajstić information content (AvgIpc) is 2.41. The fourth-order valence-electron chi connectivity index (χ4n) is 1.83. The number of hydrazone groups is 1.